The molecule has 3 rings (SSSR count). The highest BCUT2D eigenvalue weighted by atomic mass is 15.4. The van der Waals surface area contributed by atoms with E-state index in [2.05, 4.69) is 72.2 Å². The fraction of sp³-hybridized carbons (Fsp3) is 0.294. The third-order valence-electron chi connectivity index (χ3n) is 3.89. The third-order valence-corrected chi connectivity index (χ3v) is 3.89. The minimum Gasteiger partial charge on any atom is -0.352 e. The Hall–Kier alpha value is -1.96. The second-order valence-electron chi connectivity index (χ2n) is 5.24. The van der Waals surface area contributed by atoms with Crippen molar-refractivity contribution in [3.63, 3.8) is 0 Å². The number of rotatable bonds is 2. The summed E-state index contributed by atoms with van der Waals surface area (Å²) in [7, 11) is 0. The summed E-state index contributed by atoms with van der Waals surface area (Å²) < 4.78 is 0. The molecule has 98 valence electrons. The highest BCUT2D eigenvalue weighted by Gasteiger charge is 2.22. The maximum atomic E-state index is 2.46. The van der Waals surface area contributed by atoms with E-state index in [4.69, 9.17) is 0 Å². The predicted molar refractivity (Wildman–Crippen MR) is 81.9 cm³/mol. The Bertz CT molecular complexity index is 525. The van der Waals surface area contributed by atoms with Crippen LogP contribution in [0.5, 0.6) is 0 Å². The predicted octanol–water partition coefficient (Wildman–Crippen LogP) is 3.59. The molecule has 2 aromatic carbocycles. The Kier molecular flexibility index (Phi) is 3.16. The van der Waals surface area contributed by atoms with Crippen LogP contribution in [0.1, 0.15) is 11.1 Å². The van der Waals surface area contributed by atoms with Crippen LogP contribution >= 0.6 is 0 Å². The molecule has 1 aliphatic rings. The van der Waals surface area contributed by atoms with E-state index < -0.39 is 0 Å². The monoisotopic (exact) mass is 252 g/mol. The summed E-state index contributed by atoms with van der Waals surface area (Å²) >= 11 is 0. The first-order chi connectivity index (χ1) is 9.25. The van der Waals surface area contributed by atoms with Gasteiger partial charge in [0.05, 0.1) is 6.67 Å². The molecule has 0 aliphatic carbocycles. The van der Waals surface area contributed by atoms with Crippen LogP contribution in [0, 0.1) is 13.8 Å². The van der Waals surface area contributed by atoms with Crippen molar-refractivity contribution < 1.29 is 0 Å². The van der Waals surface area contributed by atoms with Crippen molar-refractivity contribution in [2.75, 3.05) is 29.6 Å². The molecule has 0 saturated carbocycles. The molecule has 1 heterocycles. The van der Waals surface area contributed by atoms with Gasteiger partial charge in [-0.25, -0.2) is 0 Å². The second-order valence-corrected chi connectivity index (χ2v) is 5.24. The van der Waals surface area contributed by atoms with Gasteiger partial charge >= 0.3 is 0 Å². The van der Waals surface area contributed by atoms with Crippen LogP contribution < -0.4 is 9.80 Å². The molecule has 2 nitrogen and oxygen atoms in total. The molecule has 2 heteroatoms. The highest BCUT2D eigenvalue weighted by Crippen LogP contribution is 2.27. The Morgan fingerprint density at radius 3 is 1.53 bits per heavy atom. The summed E-state index contributed by atoms with van der Waals surface area (Å²) in [5.41, 5.74) is 5.43. The van der Waals surface area contributed by atoms with E-state index in [1.54, 1.807) is 0 Å². The first kappa shape index (κ1) is 12.1. The standard InChI is InChI=1S/C17H20N2/c1-14-7-3-5-9-16(14)18-11-12-19(13-18)17-10-6-4-8-15(17)2/h3-10H,11-13H2,1-2H3. The van der Waals surface area contributed by atoms with Crippen LogP contribution in [0.4, 0.5) is 11.4 Å². The Balaban J connectivity index is 1.82. The molecule has 1 aliphatic heterocycles. The smallest absolute Gasteiger partial charge is 0.0904 e. The van der Waals surface area contributed by atoms with Crippen molar-refractivity contribution in [3.8, 4) is 0 Å². The van der Waals surface area contributed by atoms with Crippen LogP contribution in [0.3, 0.4) is 0 Å². The highest BCUT2D eigenvalue weighted by molar-refractivity contribution is 5.60. The van der Waals surface area contributed by atoms with E-state index in [1.165, 1.54) is 22.5 Å². The van der Waals surface area contributed by atoms with Crippen molar-refractivity contribution in [1.82, 2.24) is 0 Å². The van der Waals surface area contributed by atoms with Gasteiger partial charge in [-0.2, -0.15) is 0 Å². The number of hydrogen-bond acceptors (Lipinski definition) is 2. The fourth-order valence-corrected chi connectivity index (χ4v) is 2.82. The minimum absolute atomic E-state index is 0.982. The fourth-order valence-electron chi connectivity index (χ4n) is 2.82. The van der Waals surface area contributed by atoms with E-state index in [9.17, 15) is 0 Å². The summed E-state index contributed by atoms with van der Waals surface area (Å²) in [5.74, 6) is 0. The maximum Gasteiger partial charge on any atom is 0.0904 e. The first-order valence-electron chi connectivity index (χ1n) is 6.87. The van der Waals surface area contributed by atoms with Crippen molar-refractivity contribution in [2.24, 2.45) is 0 Å². The lowest BCUT2D eigenvalue weighted by atomic mass is 10.2. The summed E-state index contributed by atoms with van der Waals surface area (Å²) in [6.07, 6.45) is 0. The van der Waals surface area contributed by atoms with Gasteiger partial charge < -0.3 is 9.80 Å². The average molecular weight is 252 g/mol. The molecule has 19 heavy (non-hydrogen) atoms. The van der Waals surface area contributed by atoms with E-state index in [0.717, 1.165) is 19.8 Å². The molecule has 0 amide bonds. The molecule has 1 saturated heterocycles. The first-order valence-corrected chi connectivity index (χ1v) is 6.87. The van der Waals surface area contributed by atoms with Crippen molar-refractivity contribution in [3.05, 3.63) is 59.7 Å². The lowest BCUT2D eigenvalue weighted by Crippen LogP contribution is -2.25. The van der Waals surface area contributed by atoms with Gasteiger partial charge in [0.15, 0.2) is 0 Å². The Morgan fingerprint density at radius 2 is 1.11 bits per heavy atom. The number of nitrogens with zero attached hydrogens (tertiary/aromatic N) is 2. The van der Waals surface area contributed by atoms with E-state index in [1.807, 2.05) is 0 Å². The third kappa shape index (κ3) is 2.30. The van der Waals surface area contributed by atoms with E-state index in [0.29, 0.717) is 0 Å². The van der Waals surface area contributed by atoms with Gasteiger partial charge in [-0.15, -0.1) is 0 Å². The number of aryl methyl sites for hydroxylation is 2. The van der Waals surface area contributed by atoms with Crippen LogP contribution in [0.2, 0.25) is 0 Å². The zero-order chi connectivity index (χ0) is 13.2. The van der Waals surface area contributed by atoms with Crippen LogP contribution in [-0.4, -0.2) is 19.8 Å². The quantitative estimate of drug-likeness (QED) is 0.806. The van der Waals surface area contributed by atoms with Gasteiger partial charge in [0, 0.05) is 24.5 Å². The number of anilines is 2. The molecule has 0 aromatic heterocycles. The lowest BCUT2D eigenvalue weighted by Gasteiger charge is -2.23. The normalized spacial score (nSPS) is 15.1. The SMILES string of the molecule is Cc1ccccc1N1CCN(c2ccccc2C)C1. The van der Waals surface area contributed by atoms with Gasteiger partial charge in [-0.3, -0.25) is 0 Å². The summed E-state index contributed by atoms with van der Waals surface area (Å²) in [4.78, 5) is 4.92. The zero-order valence-corrected chi connectivity index (χ0v) is 11.6. The minimum atomic E-state index is 0.982. The lowest BCUT2D eigenvalue weighted by molar-refractivity contribution is 0.941. The van der Waals surface area contributed by atoms with Crippen LogP contribution in [0.25, 0.3) is 0 Å². The molecule has 0 radical (unpaired) electrons. The van der Waals surface area contributed by atoms with Gasteiger partial charge in [0.2, 0.25) is 0 Å². The Labute approximate surface area is 115 Å². The van der Waals surface area contributed by atoms with Gasteiger partial charge in [0.25, 0.3) is 0 Å². The molecule has 1 fully saturated rings. The molecule has 2 aromatic rings. The maximum absolute atomic E-state index is 2.46. The largest absolute Gasteiger partial charge is 0.352 e. The molecule has 0 bridgehead atoms. The zero-order valence-electron chi connectivity index (χ0n) is 11.6. The summed E-state index contributed by atoms with van der Waals surface area (Å²) in [6, 6.07) is 17.3. The van der Waals surface area contributed by atoms with Gasteiger partial charge in [-0.05, 0) is 37.1 Å². The van der Waals surface area contributed by atoms with Crippen molar-refractivity contribution in [1.29, 1.82) is 0 Å². The molecular weight excluding hydrogens is 232 g/mol. The Morgan fingerprint density at radius 1 is 0.684 bits per heavy atom. The summed E-state index contributed by atoms with van der Waals surface area (Å²) in [6.45, 7) is 7.55. The average Bonchev–Trinajstić information content (AvgIpc) is 2.89. The van der Waals surface area contributed by atoms with Crippen molar-refractivity contribution in [2.45, 2.75) is 13.8 Å². The van der Waals surface area contributed by atoms with Gasteiger partial charge in [0.1, 0.15) is 0 Å². The number of para-hydroxylation sites is 2. The molecular formula is C17H20N2. The van der Waals surface area contributed by atoms with Crippen LogP contribution in [0.15, 0.2) is 48.5 Å². The van der Waals surface area contributed by atoms with Crippen LogP contribution in [-0.2, 0) is 0 Å². The van der Waals surface area contributed by atoms with Gasteiger partial charge in [-0.1, -0.05) is 36.4 Å². The number of hydrogen-bond donors (Lipinski definition) is 0. The number of benzene rings is 2. The molecule has 0 atom stereocenters. The van der Waals surface area contributed by atoms with E-state index >= 15 is 0 Å². The summed E-state index contributed by atoms with van der Waals surface area (Å²) in [5, 5.41) is 0. The second kappa shape index (κ2) is 4.96. The molecule has 0 spiro atoms. The molecule has 0 unspecified atom stereocenters. The van der Waals surface area contributed by atoms with E-state index in [-0.39, 0.29) is 0 Å². The topological polar surface area (TPSA) is 6.48 Å². The van der Waals surface area contributed by atoms with Crippen molar-refractivity contribution >= 4 is 11.4 Å². The molecule has 0 N–H and O–H groups in total.